The third kappa shape index (κ3) is 3.71. The average Bonchev–Trinajstić information content (AvgIpc) is 2.91. The van der Waals surface area contributed by atoms with Crippen molar-refractivity contribution in [3.63, 3.8) is 0 Å². The molecule has 6 nitrogen and oxygen atoms in total. The smallest absolute Gasteiger partial charge is 0.416 e. The van der Waals surface area contributed by atoms with Crippen LogP contribution >= 0.6 is 0 Å². The number of urea groups is 1. The van der Waals surface area contributed by atoms with E-state index in [4.69, 9.17) is 4.74 Å². The molecule has 9 heteroatoms. The van der Waals surface area contributed by atoms with E-state index in [0.29, 0.717) is 12.2 Å². The maximum atomic E-state index is 13.2. The zero-order valence-electron chi connectivity index (χ0n) is 14.3. The maximum Gasteiger partial charge on any atom is 0.416 e. The SMILES string of the molecule is CCOc1ncccc1CN1C(=O)NC(c2ccccc2C(F)(F)F)C1=O. The van der Waals surface area contributed by atoms with Crippen molar-refractivity contribution in [2.75, 3.05) is 6.61 Å². The van der Waals surface area contributed by atoms with Crippen LogP contribution in [0.1, 0.15) is 29.7 Å². The van der Waals surface area contributed by atoms with Gasteiger partial charge in [-0.05, 0) is 24.6 Å². The van der Waals surface area contributed by atoms with Crippen LogP contribution in [0.2, 0.25) is 0 Å². The molecule has 1 N–H and O–H groups in total. The number of aromatic nitrogens is 1. The standard InChI is InChI=1S/C18H16F3N3O3/c1-2-27-15-11(6-5-9-22-15)10-24-16(25)14(23-17(24)26)12-7-3-4-8-13(12)18(19,20)21/h3-9,14H,2,10H2,1H3,(H,23,26). The Balaban J connectivity index is 1.89. The van der Waals surface area contributed by atoms with E-state index in [1.807, 2.05) is 0 Å². The van der Waals surface area contributed by atoms with Crippen LogP contribution in [-0.4, -0.2) is 28.4 Å². The molecule has 1 unspecified atom stereocenters. The van der Waals surface area contributed by atoms with Gasteiger partial charge in [0.25, 0.3) is 5.91 Å². The average molecular weight is 379 g/mol. The van der Waals surface area contributed by atoms with Crippen LogP contribution in [-0.2, 0) is 17.5 Å². The summed E-state index contributed by atoms with van der Waals surface area (Å²) in [5.74, 6) is -0.497. The predicted molar refractivity (Wildman–Crippen MR) is 88.7 cm³/mol. The Morgan fingerprint density at radius 2 is 1.93 bits per heavy atom. The van der Waals surface area contributed by atoms with Gasteiger partial charge in [0, 0.05) is 11.8 Å². The first-order chi connectivity index (χ1) is 12.8. The highest BCUT2D eigenvalue weighted by atomic mass is 19.4. The molecule has 2 heterocycles. The van der Waals surface area contributed by atoms with E-state index in [0.717, 1.165) is 11.0 Å². The molecule has 2 aromatic rings. The Morgan fingerprint density at radius 1 is 1.19 bits per heavy atom. The molecule has 0 spiro atoms. The van der Waals surface area contributed by atoms with Crippen LogP contribution in [0, 0.1) is 0 Å². The highest BCUT2D eigenvalue weighted by Crippen LogP contribution is 2.36. The minimum Gasteiger partial charge on any atom is -0.478 e. The van der Waals surface area contributed by atoms with Crippen molar-refractivity contribution in [2.45, 2.75) is 25.7 Å². The number of rotatable bonds is 5. The highest BCUT2D eigenvalue weighted by Gasteiger charge is 2.43. The molecular weight excluding hydrogens is 363 g/mol. The number of imide groups is 1. The number of benzene rings is 1. The van der Waals surface area contributed by atoms with Crippen LogP contribution in [0.3, 0.4) is 0 Å². The minimum absolute atomic E-state index is 0.154. The number of ether oxygens (including phenoxy) is 1. The number of alkyl halides is 3. The van der Waals surface area contributed by atoms with Crippen LogP contribution in [0.4, 0.5) is 18.0 Å². The first kappa shape index (κ1) is 18.7. The van der Waals surface area contributed by atoms with Crippen molar-refractivity contribution >= 4 is 11.9 Å². The van der Waals surface area contributed by atoms with Crippen molar-refractivity contribution in [2.24, 2.45) is 0 Å². The van der Waals surface area contributed by atoms with E-state index < -0.39 is 29.7 Å². The quantitative estimate of drug-likeness (QED) is 0.810. The molecule has 1 fully saturated rings. The highest BCUT2D eigenvalue weighted by molar-refractivity contribution is 6.04. The minimum atomic E-state index is -4.64. The first-order valence-corrected chi connectivity index (χ1v) is 8.17. The molecule has 0 bridgehead atoms. The van der Waals surface area contributed by atoms with Crippen molar-refractivity contribution < 1.29 is 27.5 Å². The molecule has 0 radical (unpaired) electrons. The summed E-state index contributed by atoms with van der Waals surface area (Å²) in [6, 6.07) is 5.77. The summed E-state index contributed by atoms with van der Waals surface area (Å²) < 4.78 is 45.1. The number of nitrogens with zero attached hydrogens (tertiary/aromatic N) is 2. The number of nitrogens with one attached hydrogen (secondary N) is 1. The Morgan fingerprint density at radius 3 is 2.63 bits per heavy atom. The molecule has 1 atom stereocenters. The van der Waals surface area contributed by atoms with Crippen LogP contribution in [0.5, 0.6) is 5.88 Å². The van der Waals surface area contributed by atoms with Gasteiger partial charge >= 0.3 is 12.2 Å². The second-order valence-electron chi connectivity index (χ2n) is 5.79. The Bertz CT molecular complexity index is 870. The maximum absolute atomic E-state index is 13.2. The molecule has 142 valence electrons. The van der Waals surface area contributed by atoms with Gasteiger partial charge in [-0.1, -0.05) is 24.3 Å². The van der Waals surface area contributed by atoms with Gasteiger partial charge in [0.15, 0.2) is 0 Å². The Kier molecular flexibility index (Phi) is 5.02. The summed E-state index contributed by atoms with van der Waals surface area (Å²) in [6.07, 6.45) is -3.14. The zero-order valence-corrected chi connectivity index (χ0v) is 14.3. The summed E-state index contributed by atoms with van der Waals surface area (Å²) in [4.78, 5) is 29.8. The number of halogens is 3. The molecule has 1 saturated heterocycles. The largest absolute Gasteiger partial charge is 0.478 e. The summed E-state index contributed by atoms with van der Waals surface area (Å²) in [7, 11) is 0. The van der Waals surface area contributed by atoms with Crippen LogP contribution in [0.25, 0.3) is 0 Å². The number of hydrogen-bond donors (Lipinski definition) is 1. The van der Waals surface area contributed by atoms with Crippen molar-refractivity contribution in [3.8, 4) is 5.88 Å². The second-order valence-corrected chi connectivity index (χ2v) is 5.79. The third-order valence-corrected chi connectivity index (χ3v) is 4.06. The van der Waals surface area contributed by atoms with E-state index in [1.165, 1.54) is 24.4 Å². The van der Waals surface area contributed by atoms with E-state index in [2.05, 4.69) is 10.3 Å². The second kappa shape index (κ2) is 7.26. The number of carbonyl (C=O) groups excluding carboxylic acids is 2. The lowest BCUT2D eigenvalue weighted by Crippen LogP contribution is -2.30. The summed E-state index contributed by atoms with van der Waals surface area (Å²) >= 11 is 0. The van der Waals surface area contributed by atoms with Gasteiger partial charge in [-0.15, -0.1) is 0 Å². The monoisotopic (exact) mass is 379 g/mol. The summed E-state index contributed by atoms with van der Waals surface area (Å²) in [5.41, 5.74) is -0.767. The fourth-order valence-corrected chi connectivity index (χ4v) is 2.87. The van der Waals surface area contributed by atoms with Gasteiger partial charge < -0.3 is 10.1 Å². The van der Waals surface area contributed by atoms with Crippen LogP contribution < -0.4 is 10.1 Å². The van der Waals surface area contributed by atoms with Crippen LogP contribution in [0.15, 0.2) is 42.6 Å². The fraction of sp³-hybridized carbons (Fsp3) is 0.278. The van der Waals surface area contributed by atoms with Crippen molar-refractivity contribution in [1.82, 2.24) is 15.2 Å². The fourth-order valence-electron chi connectivity index (χ4n) is 2.87. The third-order valence-electron chi connectivity index (χ3n) is 4.06. The summed E-state index contributed by atoms with van der Waals surface area (Å²) in [6.45, 7) is 1.94. The lowest BCUT2D eigenvalue weighted by Gasteiger charge is -2.17. The van der Waals surface area contributed by atoms with Gasteiger partial charge in [0.1, 0.15) is 6.04 Å². The van der Waals surface area contributed by atoms with Gasteiger partial charge in [-0.3, -0.25) is 9.69 Å². The number of pyridine rings is 1. The number of carbonyl (C=O) groups is 2. The van der Waals surface area contributed by atoms with Gasteiger partial charge in [-0.25, -0.2) is 9.78 Å². The molecule has 3 rings (SSSR count). The molecule has 1 aromatic heterocycles. The number of amides is 3. The van der Waals surface area contributed by atoms with Gasteiger partial charge in [0.05, 0.1) is 18.7 Å². The predicted octanol–water partition coefficient (Wildman–Crippen LogP) is 3.29. The van der Waals surface area contributed by atoms with Crippen molar-refractivity contribution in [1.29, 1.82) is 0 Å². The number of hydrogen-bond acceptors (Lipinski definition) is 4. The van der Waals surface area contributed by atoms with E-state index >= 15 is 0 Å². The van der Waals surface area contributed by atoms with E-state index in [9.17, 15) is 22.8 Å². The molecule has 0 aliphatic carbocycles. The van der Waals surface area contributed by atoms with Gasteiger partial charge in [0.2, 0.25) is 5.88 Å². The molecule has 0 saturated carbocycles. The molecule has 3 amide bonds. The summed E-state index contributed by atoms with van der Waals surface area (Å²) in [5, 5.41) is 2.33. The van der Waals surface area contributed by atoms with E-state index in [1.54, 1.807) is 19.1 Å². The molecule has 1 aromatic carbocycles. The van der Waals surface area contributed by atoms with E-state index in [-0.39, 0.29) is 18.0 Å². The molecule has 1 aliphatic heterocycles. The molecule has 27 heavy (non-hydrogen) atoms. The van der Waals surface area contributed by atoms with Gasteiger partial charge in [-0.2, -0.15) is 13.2 Å². The van der Waals surface area contributed by atoms with Crippen molar-refractivity contribution in [3.05, 3.63) is 59.3 Å². The lowest BCUT2D eigenvalue weighted by molar-refractivity contribution is -0.138. The Hall–Kier alpha value is -3.10. The topological polar surface area (TPSA) is 71.5 Å². The lowest BCUT2D eigenvalue weighted by atomic mass is 10.00. The Labute approximate surface area is 152 Å². The zero-order chi connectivity index (χ0) is 19.6. The molecule has 1 aliphatic rings. The normalized spacial score (nSPS) is 17.2. The first-order valence-electron chi connectivity index (χ1n) is 8.17. The molecular formula is C18H16F3N3O3.